The van der Waals surface area contributed by atoms with E-state index in [0.717, 1.165) is 53.5 Å². The van der Waals surface area contributed by atoms with Crippen LogP contribution in [0.3, 0.4) is 0 Å². The molecule has 2 aromatic carbocycles. The molecule has 166 valence electrons. The highest BCUT2D eigenvalue weighted by Crippen LogP contribution is 2.45. The Kier molecular flexibility index (Phi) is 4.93. The van der Waals surface area contributed by atoms with Crippen LogP contribution in [-0.2, 0) is 13.5 Å². The summed E-state index contributed by atoms with van der Waals surface area (Å²) in [6.07, 6.45) is 5.54. The molecule has 2 aromatic heterocycles. The van der Waals surface area contributed by atoms with Gasteiger partial charge in [0.25, 0.3) is 5.91 Å². The van der Waals surface area contributed by atoms with Crippen molar-refractivity contribution in [1.29, 1.82) is 0 Å². The van der Waals surface area contributed by atoms with Crippen LogP contribution in [0.1, 0.15) is 46.9 Å². The molecule has 0 spiro atoms. The number of benzene rings is 2. The molecule has 0 unspecified atom stereocenters. The number of carbonyl (C=O) groups is 1. The van der Waals surface area contributed by atoms with E-state index < -0.39 is 0 Å². The maximum Gasteiger partial charge on any atom is 0.254 e. The smallest absolute Gasteiger partial charge is 0.254 e. The van der Waals surface area contributed by atoms with E-state index in [1.54, 1.807) is 12.3 Å². The van der Waals surface area contributed by atoms with E-state index in [1.165, 1.54) is 5.56 Å². The minimum Gasteiger partial charge on any atom is -0.327 e. The summed E-state index contributed by atoms with van der Waals surface area (Å²) < 4.78 is 1.91. The second kappa shape index (κ2) is 7.86. The zero-order valence-electron chi connectivity index (χ0n) is 18.1. The molecule has 4 heterocycles. The van der Waals surface area contributed by atoms with Crippen molar-refractivity contribution in [2.24, 2.45) is 7.05 Å². The highest BCUT2D eigenvalue weighted by atomic mass is 35.5. The van der Waals surface area contributed by atoms with Gasteiger partial charge in [0, 0.05) is 51.4 Å². The Balaban J connectivity index is 1.42. The van der Waals surface area contributed by atoms with Gasteiger partial charge in [0.15, 0.2) is 0 Å². The number of pyridine rings is 1. The maximum absolute atomic E-state index is 13.8. The molecule has 7 heteroatoms. The van der Waals surface area contributed by atoms with Gasteiger partial charge in [-0.3, -0.25) is 14.5 Å². The van der Waals surface area contributed by atoms with Crippen LogP contribution in [-0.4, -0.2) is 31.6 Å². The Morgan fingerprint density at radius 2 is 1.88 bits per heavy atom. The van der Waals surface area contributed by atoms with Crippen molar-refractivity contribution in [3.63, 3.8) is 0 Å². The summed E-state index contributed by atoms with van der Waals surface area (Å²) in [5.74, 6) is 0.0686. The first-order chi connectivity index (χ1) is 16.0. The fourth-order valence-corrected chi connectivity index (χ4v) is 6.08. The highest BCUT2D eigenvalue weighted by molar-refractivity contribution is 6.35. The summed E-state index contributed by atoms with van der Waals surface area (Å²) in [5.41, 5.74) is 5.80. The number of hydrogen-bond acceptors (Lipinski definition) is 3. The molecule has 0 radical (unpaired) electrons. The Hall–Kier alpha value is -2.89. The lowest BCUT2D eigenvalue weighted by Crippen LogP contribution is -2.49. The molecule has 2 atom stereocenters. The van der Waals surface area contributed by atoms with Gasteiger partial charge in [0.05, 0.1) is 22.9 Å². The van der Waals surface area contributed by atoms with E-state index in [2.05, 4.69) is 9.88 Å². The lowest BCUT2D eigenvalue weighted by atomic mass is 9.81. The van der Waals surface area contributed by atoms with E-state index in [1.807, 2.05) is 54.2 Å². The van der Waals surface area contributed by atoms with Crippen molar-refractivity contribution in [1.82, 2.24) is 19.7 Å². The van der Waals surface area contributed by atoms with Gasteiger partial charge < -0.3 is 4.90 Å². The van der Waals surface area contributed by atoms with Gasteiger partial charge in [-0.15, -0.1) is 0 Å². The van der Waals surface area contributed by atoms with Gasteiger partial charge in [0.2, 0.25) is 0 Å². The lowest BCUT2D eigenvalue weighted by Gasteiger charge is -2.45. The summed E-state index contributed by atoms with van der Waals surface area (Å²) in [6.45, 7) is 0. The zero-order chi connectivity index (χ0) is 22.7. The van der Waals surface area contributed by atoms with Gasteiger partial charge in [-0.2, -0.15) is 5.10 Å². The molecule has 0 saturated carbocycles. The number of fused-ring (bicyclic) bond motifs is 5. The first-order valence-corrected chi connectivity index (χ1v) is 11.9. The van der Waals surface area contributed by atoms with Crippen LogP contribution in [0.2, 0.25) is 10.0 Å². The Labute approximate surface area is 201 Å². The Morgan fingerprint density at radius 3 is 2.70 bits per heavy atom. The summed E-state index contributed by atoms with van der Waals surface area (Å²) in [6, 6.07) is 15.4. The summed E-state index contributed by atoms with van der Waals surface area (Å²) in [5, 5.41) is 7.09. The van der Waals surface area contributed by atoms with Gasteiger partial charge in [-0.1, -0.05) is 29.3 Å². The molecule has 6 rings (SSSR count). The molecule has 5 nitrogen and oxygen atoms in total. The quantitative estimate of drug-likeness (QED) is 0.344. The predicted octanol–water partition coefficient (Wildman–Crippen LogP) is 6.23. The first-order valence-electron chi connectivity index (χ1n) is 11.2. The molecule has 0 aliphatic carbocycles. The van der Waals surface area contributed by atoms with E-state index in [4.69, 9.17) is 28.3 Å². The summed E-state index contributed by atoms with van der Waals surface area (Å²) in [4.78, 5) is 20.2. The minimum absolute atomic E-state index is 0.0285. The third kappa shape index (κ3) is 3.42. The lowest BCUT2D eigenvalue weighted by molar-refractivity contribution is 0.0392. The fourth-order valence-electron chi connectivity index (χ4n) is 5.56. The molecule has 2 aliphatic heterocycles. The second-order valence-electron chi connectivity index (χ2n) is 8.92. The number of rotatable bonds is 2. The van der Waals surface area contributed by atoms with Crippen molar-refractivity contribution >= 4 is 40.0 Å². The number of nitrogens with zero attached hydrogens (tertiary/aromatic N) is 4. The maximum atomic E-state index is 13.8. The molecule has 0 N–H and O–H groups in total. The molecule has 2 aliphatic rings. The molecule has 1 saturated heterocycles. The Bertz CT molecular complexity index is 1390. The SMILES string of the molecule is Cn1nc2c(c1-c1cc(Cl)cc(Cl)c1)C[C@H]1CCC[C@@H]2N1C(=O)c1ccc2ncccc2c1. The molecular formula is C26H22Cl2N4O. The van der Waals surface area contributed by atoms with Gasteiger partial charge in [-0.05, 0) is 68.1 Å². The normalized spacial score (nSPS) is 19.5. The van der Waals surface area contributed by atoms with Crippen molar-refractivity contribution in [2.45, 2.75) is 37.8 Å². The van der Waals surface area contributed by atoms with Crippen LogP contribution < -0.4 is 0 Å². The van der Waals surface area contributed by atoms with E-state index >= 15 is 0 Å². The number of carbonyl (C=O) groups excluding carboxylic acids is 1. The van der Waals surface area contributed by atoms with E-state index in [-0.39, 0.29) is 18.0 Å². The number of halogens is 2. The van der Waals surface area contributed by atoms with E-state index in [9.17, 15) is 4.79 Å². The number of aryl methyl sites for hydroxylation is 1. The topological polar surface area (TPSA) is 51.0 Å². The average Bonchev–Trinajstić information content (AvgIpc) is 3.13. The zero-order valence-corrected chi connectivity index (χ0v) is 19.6. The number of piperidine rings is 1. The van der Waals surface area contributed by atoms with Gasteiger partial charge in [0.1, 0.15) is 0 Å². The number of hydrogen-bond donors (Lipinski definition) is 0. The Morgan fingerprint density at radius 1 is 1.06 bits per heavy atom. The summed E-state index contributed by atoms with van der Waals surface area (Å²) >= 11 is 12.6. The van der Waals surface area contributed by atoms with Gasteiger partial charge in [-0.25, -0.2) is 0 Å². The molecule has 2 bridgehead atoms. The highest BCUT2D eigenvalue weighted by Gasteiger charge is 2.43. The predicted molar refractivity (Wildman–Crippen MR) is 131 cm³/mol. The molecule has 4 aromatic rings. The fraction of sp³-hybridized carbons (Fsp3) is 0.269. The third-order valence-electron chi connectivity index (χ3n) is 6.90. The summed E-state index contributed by atoms with van der Waals surface area (Å²) in [7, 11) is 1.95. The van der Waals surface area contributed by atoms with Crippen molar-refractivity contribution in [3.05, 3.63) is 81.6 Å². The second-order valence-corrected chi connectivity index (χ2v) is 9.79. The monoisotopic (exact) mass is 476 g/mol. The van der Waals surface area contributed by atoms with Crippen LogP contribution in [0.15, 0.2) is 54.7 Å². The van der Waals surface area contributed by atoms with Crippen LogP contribution in [0, 0.1) is 0 Å². The van der Waals surface area contributed by atoms with Gasteiger partial charge >= 0.3 is 0 Å². The first kappa shape index (κ1) is 20.7. The molecular weight excluding hydrogens is 455 g/mol. The van der Waals surface area contributed by atoms with E-state index in [0.29, 0.717) is 15.6 Å². The van der Waals surface area contributed by atoms with Crippen molar-refractivity contribution < 1.29 is 4.79 Å². The van der Waals surface area contributed by atoms with Crippen LogP contribution >= 0.6 is 23.2 Å². The number of aromatic nitrogens is 3. The van der Waals surface area contributed by atoms with Crippen molar-refractivity contribution in [2.75, 3.05) is 0 Å². The minimum atomic E-state index is -0.0285. The standard InChI is InChI=1S/C26H22Cl2N4O/c1-31-25(17-11-18(27)13-19(28)12-17)21-14-20-5-2-6-23(24(21)30-31)32(20)26(33)16-7-8-22-15(10-16)4-3-9-29-22/h3-4,7-13,20,23H,2,5-6,14H2,1H3/t20-,23+/m1/s1. The largest absolute Gasteiger partial charge is 0.327 e. The van der Waals surface area contributed by atoms with Crippen molar-refractivity contribution in [3.8, 4) is 11.3 Å². The third-order valence-corrected chi connectivity index (χ3v) is 7.33. The van der Waals surface area contributed by atoms with Crippen LogP contribution in [0.25, 0.3) is 22.2 Å². The molecule has 33 heavy (non-hydrogen) atoms. The molecule has 1 amide bonds. The number of amides is 1. The van der Waals surface area contributed by atoms with Crippen LogP contribution in [0.4, 0.5) is 0 Å². The van der Waals surface area contributed by atoms with Crippen LogP contribution in [0.5, 0.6) is 0 Å². The molecule has 1 fully saturated rings. The average molecular weight is 477 g/mol.